The number of nitrogens with zero attached hydrogens (tertiary/aromatic N) is 3. The van der Waals surface area contributed by atoms with Crippen molar-refractivity contribution in [2.75, 3.05) is 5.43 Å². The predicted molar refractivity (Wildman–Crippen MR) is 116 cm³/mol. The van der Waals surface area contributed by atoms with Crippen molar-refractivity contribution < 1.29 is 9.72 Å². The minimum atomic E-state index is -0.632. The number of carbonyl (C=O) groups excluding carboxylic acids is 1. The molecule has 1 N–H and O–H groups in total. The monoisotopic (exact) mass is 420 g/mol. The molecule has 0 spiro atoms. The van der Waals surface area contributed by atoms with E-state index in [1.165, 1.54) is 42.8 Å². The van der Waals surface area contributed by atoms with Gasteiger partial charge in [-0.1, -0.05) is 36.4 Å². The Kier molecular flexibility index (Phi) is 4.88. The van der Waals surface area contributed by atoms with E-state index >= 15 is 0 Å². The molecule has 9 heteroatoms. The molecular weight excluding hydrogens is 404 g/mol. The highest BCUT2D eigenvalue weighted by molar-refractivity contribution is 7.19. The van der Waals surface area contributed by atoms with Crippen LogP contribution in [-0.4, -0.2) is 20.5 Å². The molecule has 30 heavy (non-hydrogen) atoms. The molecule has 0 atom stereocenters. The summed E-state index contributed by atoms with van der Waals surface area (Å²) in [4.78, 5) is 42.3. The third kappa shape index (κ3) is 3.25. The summed E-state index contributed by atoms with van der Waals surface area (Å²) in [7, 11) is 0. The van der Waals surface area contributed by atoms with Crippen LogP contribution in [0.5, 0.6) is 0 Å². The van der Waals surface area contributed by atoms with Gasteiger partial charge in [-0.15, -0.1) is 11.3 Å². The van der Waals surface area contributed by atoms with Crippen LogP contribution in [0.2, 0.25) is 0 Å². The van der Waals surface area contributed by atoms with Crippen molar-refractivity contribution in [3.63, 3.8) is 0 Å². The summed E-state index contributed by atoms with van der Waals surface area (Å²) in [5, 5.41) is 11.6. The maximum absolute atomic E-state index is 13.2. The number of aromatic nitrogens is 2. The number of nitro benzene ring substituents is 1. The summed E-state index contributed by atoms with van der Waals surface area (Å²) in [6, 6.07) is 13.7. The first-order valence-corrected chi connectivity index (χ1v) is 9.81. The molecule has 4 rings (SSSR count). The lowest BCUT2D eigenvalue weighted by molar-refractivity contribution is -0.385. The Morgan fingerprint density at radius 3 is 2.57 bits per heavy atom. The van der Waals surface area contributed by atoms with Gasteiger partial charge in [-0.05, 0) is 25.5 Å². The van der Waals surface area contributed by atoms with Gasteiger partial charge in [0.25, 0.3) is 17.2 Å². The first kappa shape index (κ1) is 19.5. The summed E-state index contributed by atoms with van der Waals surface area (Å²) in [5.74, 6) is -0.632. The van der Waals surface area contributed by atoms with Crippen LogP contribution in [0.4, 0.5) is 5.69 Å². The van der Waals surface area contributed by atoms with Crippen molar-refractivity contribution in [2.45, 2.75) is 13.8 Å². The van der Waals surface area contributed by atoms with E-state index < -0.39 is 16.4 Å². The van der Waals surface area contributed by atoms with Gasteiger partial charge in [0, 0.05) is 22.1 Å². The van der Waals surface area contributed by atoms with Crippen molar-refractivity contribution >= 4 is 33.1 Å². The van der Waals surface area contributed by atoms with Gasteiger partial charge in [-0.2, -0.15) is 0 Å². The molecule has 2 aromatic carbocycles. The molecule has 0 saturated heterocycles. The van der Waals surface area contributed by atoms with E-state index in [1.54, 1.807) is 0 Å². The van der Waals surface area contributed by atoms with Crippen LogP contribution in [0.15, 0.2) is 59.7 Å². The summed E-state index contributed by atoms with van der Waals surface area (Å²) >= 11 is 1.41. The lowest BCUT2D eigenvalue weighted by atomic mass is 10.0. The molecular formula is C21H16N4O4S. The molecule has 0 unspecified atom stereocenters. The first-order valence-electron chi connectivity index (χ1n) is 9.00. The summed E-state index contributed by atoms with van der Waals surface area (Å²) in [5.41, 5.74) is 3.92. The lowest BCUT2D eigenvalue weighted by Crippen LogP contribution is -2.33. The molecule has 2 heterocycles. The zero-order valence-electron chi connectivity index (χ0n) is 16.1. The smallest absolute Gasteiger partial charge is 0.267 e. The molecule has 0 aliphatic rings. The van der Waals surface area contributed by atoms with Crippen molar-refractivity contribution in [1.29, 1.82) is 0 Å². The van der Waals surface area contributed by atoms with Crippen LogP contribution < -0.4 is 11.0 Å². The average molecular weight is 420 g/mol. The Morgan fingerprint density at radius 2 is 1.87 bits per heavy atom. The van der Waals surface area contributed by atoms with Crippen LogP contribution in [0.1, 0.15) is 20.8 Å². The second-order valence-electron chi connectivity index (χ2n) is 6.65. The minimum absolute atomic E-state index is 0.112. The number of amides is 1. The van der Waals surface area contributed by atoms with E-state index in [4.69, 9.17) is 0 Å². The van der Waals surface area contributed by atoms with Crippen molar-refractivity contribution in [1.82, 2.24) is 9.66 Å². The molecule has 0 radical (unpaired) electrons. The summed E-state index contributed by atoms with van der Waals surface area (Å²) in [6.45, 7) is 3.41. The maximum Gasteiger partial charge on any atom is 0.281 e. The number of rotatable bonds is 4. The largest absolute Gasteiger partial charge is 0.281 e. The zero-order valence-corrected chi connectivity index (χ0v) is 16.9. The van der Waals surface area contributed by atoms with Gasteiger partial charge >= 0.3 is 0 Å². The Hall–Kier alpha value is -3.85. The number of aryl methyl sites for hydroxylation is 1. The summed E-state index contributed by atoms with van der Waals surface area (Å²) < 4.78 is 1.02. The molecule has 4 aromatic rings. The number of benzene rings is 2. The number of fused-ring (bicyclic) bond motifs is 1. The predicted octanol–water partition coefficient (Wildman–Crippen LogP) is 4.03. The number of nitrogens with one attached hydrogen (secondary N) is 1. The van der Waals surface area contributed by atoms with E-state index in [2.05, 4.69) is 10.4 Å². The van der Waals surface area contributed by atoms with Gasteiger partial charge < -0.3 is 0 Å². The third-order valence-corrected chi connectivity index (χ3v) is 5.83. The second-order valence-corrected chi connectivity index (χ2v) is 7.85. The fraction of sp³-hybridized carbons (Fsp3) is 0.0952. The lowest BCUT2D eigenvalue weighted by Gasteiger charge is -2.10. The number of carbonyl (C=O) groups is 1. The van der Waals surface area contributed by atoms with E-state index in [0.717, 1.165) is 20.7 Å². The highest BCUT2D eigenvalue weighted by atomic mass is 32.1. The molecule has 8 nitrogen and oxygen atoms in total. The molecule has 1 amide bonds. The van der Waals surface area contributed by atoms with E-state index in [0.29, 0.717) is 10.2 Å². The second kappa shape index (κ2) is 7.53. The number of thiophene rings is 1. The zero-order chi connectivity index (χ0) is 21.4. The standard InChI is InChI=1S/C21H16N4O4S/c1-12-15(9-6-10-16(12)25(28)29)19(26)23-24-11-22-20-18(21(24)27)17(13(2)30-20)14-7-4-3-5-8-14/h3-11H,1-2H3,(H,23,26). The van der Waals surface area contributed by atoms with Gasteiger partial charge in [-0.25, -0.2) is 9.66 Å². The van der Waals surface area contributed by atoms with Crippen molar-refractivity contribution in [2.24, 2.45) is 0 Å². The Labute approximate surface area is 174 Å². The average Bonchev–Trinajstić information content (AvgIpc) is 3.07. The number of hydrogen-bond acceptors (Lipinski definition) is 6. The van der Waals surface area contributed by atoms with Crippen molar-refractivity contribution in [3.8, 4) is 11.1 Å². The highest BCUT2D eigenvalue weighted by Gasteiger charge is 2.20. The van der Waals surface area contributed by atoms with E-state index in [1.807, 2.05) is 37.3 Å². The Bertz CT molecular complexity index is 1360. The van der Waals surface area contributed by atoms with Crippen LogP contribution in [0.25, 0.3) is 21.3 Å². The first-order chi connectivity index (χ1) is 14.4. The topological polar surface area (TPSA) is 107 Å². The number of hydrogen-bond donors (Lipinski definition) is 1. The van der Waals surface area contributed by atoms with Gasteiger partial charge in [0.15, 0.2) is 0 Å². The Morgan fingerprint density at radius 1 is 1.13 bits per heavy atom. The molecule has 0 saturated carbocycles. The van der Waals surface area contributed by atoms with Gasteiger partial charge in [0.2, 0.25) is 0 Å². The molecule has 0 bridgehead atoms. The van der Waals surface area contributed by atoms with Gasteiger partial charge in [0.1, 0.15) is 11.2 Å². The summed E-state index contributed by atoms with van der Waals surface area (Å²) in [6.07, 6.45) is 1.25. The molecule has 0 fully saturated rings. The number of nitro groups is 1. The molecule has 0 aliphatic carbocycles. The molecule has 150 valence electrons. The quantitative estimate of drug-likeness (QED) is 0.396. The fourth-order valence-electron chi connectivity index (χ4n) is 3.37. The SMILES string of the molecule is Cc1sc2ncn(NC(=O)c3cccc([N+](=O)[O-])c3C)c(=O)c2c1-c1ccccc1. The van der Waals surface area contributed by atoms with E-state index in [-0.39, 0.29) is 16.8 Å². The van der Waals surface area contributed by atoms with Crippen LogP contribution >= 0.6 is 11.3 Å². The normalized spacial score (nSPS) is 10.9. The third-order valence-electron chi connectivity index (χ3n) is 4.82. The van der Waals surface area contributed by atoms with Gasteiger partial charge in [-0.3, -0.25) is 25.1 Å². The minimum Gasteiger partial charge on any atom is -0.267 e. The van der Waals surface area contributed by atoms with Gasteiger partial charge in [0.05, 0.1) is 15.9 Å². The molecule has 2 aromatic heterocycles. The fourth-order valence-corrected chi connectivity index (χ4v) is 4.37. The maximum atomic E-state index is 13.2. The van der Waals surface area contributed by atoms with E-state index in [9.17, 15) is 19.7 Å². The highest BCUT2D eigenvalue weighted by Crippen LogP contribution is 2.35. The van der Waals surface area contributed by atoms with Crippen LogP contribution in [0, 0.1) is 24.0 Å². The van der Waals surface area contributed by atoms with Crippen LogP contribution in [0.3, 0.4) is 0 Å². The molecule has 0 aliphatic heterocycles. The Balaban J connectivity index is 1.79. The van der Waals surface area contributed by atoms with Crippen LogP contribution in [-0.2, 0) is 0 Å². The van der Waals surface area contributed by atoms with Crippen molar-refractivity contribution in [3.05, 3.63) is 91.3 Å².